The van der Waals surface area contributed by atoms with E-state index in [0.717, 1.165) is 5.69 Å². The summed E-state index contributed by atoms with van der Waals surface area (Å²) in [5, 5.41) is 9.37. The van der Waals surface area contributed by atoms with Crippen molar-refractivity contribution in [2.45, 2.75) is 24.7 Å². The smallest absolute Gasteiger partial charge is 0.313 e. The summed E-state index contributed by atoms with van der Waals surface area (Å²) >= 11 is 1.20. The Balaban J connectivity index is 2.73. The van der Waals surface area contributed by atoms with E-state index in [9.17, 15) is 4.79 Å². The van der Waals surface area contributed by atoms with Crippen LogP contribution in [0.5, 0.6) is 0 Å². The number of imidazole rings is 1. The molecule has 0 aliphatic rings. The Labute approximate surface area is 110 Å². The van der Waals surface area contributed by atoms with Crippen LogP contribution in [0.15, 0.2) is 11.4 Å². The minimum Gasteiger partial charge on any atom is -0.481 e. The molecule has 1 aromatic rings. The molecule has 1 rings (SSSR count). The van der Waals surface area contributed by atoms with Crippen molar-refractivity contribution in [2.24, 2.45) is 0 Å². The molecule has 18 heavy (non-hydrogen) atoms. The zero-order valence-electron chi connectivity index (χ0n) is 10.8. The predicted molar refractivity (Wildman–Crippen MR) is 68.0 cm³/mol. The lowest BCUT2D eigenvalue weighted by Gasteiger charge is -2.17. The van der Waals surface area contributed by atoms with E-state index in [-0.39, 0.29) is 11.9 Å². The van der Waals surface area contributed by atoms with Gasteiger partial charge >= 0.3 is 5.97 Å². The average molecular weight is 274 g/mol. The lowest BCUT2D eigenvalue weighted by molar-refractivity contribution is -0.133. The molecule has 0 spiro atoms. The third-order valence-corrected chi connectivity index (χ3v) is 3.39. The summed E-state index contributed by atoms with van der Waals surface area (Å²) in [6.45, 7) is 3.01. The molecule has 0 saturated heterocycles. The number of aromatic nitrogens is 2. The molecule has 0 aliphatic carbocycles. The van der Waals surface area contributed by atoms with Crippen LogP contribution < -0.4 is 0 Å². The number of thioether (sulfide) groups is 1. The van der Waals surface area contributed by atoms with Gasteiger partial charge in [-0.05, 0) is 6.92 Å². The van der Waals surface area contributed by atoms with Gasteiger partial charge in [0.1, 0.15) is 0 Å². The number of hydrogen-bond donors (Lipinski definition) is 1. The zero-order chi connectivity index (χ0) is 13.5. The van der Waals surface area contributed by atoms with Crippen LogP contribution in [-0.2, 0) is 20.8 Å². The van der Waals surface area contributed by atoms with Crippen LogP contribution >= 0.6 is 11.8 Å². The Morgan fingerprint density at radius 2 is 2.33 bits per heavy atom. The molecule has 0 saturated carbocycles. The molecule has 0 amide bonds. The highest BCUT2D eigenvalue weighted by Gasteiger charge is 2.14. The van der Waals surface area contributed by atoms with Crippen molar-refractivity contribution in [3.63, 3.8) is 0 Å². The fraction of sp³-hybridized carbons (Fsp3) is 0.636. The normalized spacial score (nSPS) is 12.6. The average Bonchev–Trinajstić information content (AvgIpc) is 2.67. The van der Waals surface area contributed by atoms with E-state index in [2.05, 4.69) is 4.98 Å². The Kier molecular flexibility index (Phi) is 6.17. The van der Waals surface area contributed by atoms with Crippen molar-refractivity contribution in [1.29, 1.82) is 0 Å². The third-order valence-electron chi connectivity index (χ3n) is 2.42. The fourth-order valence-electron chi connectivity index (χ4n) is 1.49. The summed E-state index contributed by atoms with van der Waals surface area (Å²) in [6, 6.07) is 0. The first kappa shape index (κ1) is 15.0. The zero-order valence-corrected chi connectivity index (χ0v) is 11.6. The molecule has 0 fully saturated rings. The van der Waals surface area contributed by atoms with Gasteiger partial charge in [-0.15, -0.1) is 0 Å². The highest BCUT2D eigenvalue weighted by molar-refractivity contribution is 7.99. The minimum atomic E-state index is -0.854. The molecule has 1 heterocycles. The molecule has 0 radical (unpaired) electrons. The van der Waals surface area contributed by atoms with E-state index < -0.39 is 5.97 Å². The van der Waals surface area contributed by atoms with Gasteiger partial charge < -0.3 is 19.1 Å². The van der Waals surface area contributed by atoms with Gasteiger partial charge in [0.2, 0.25) is 0 Å². The van der Waals surface area contributed by atoms with Crippen molar-refractivity contribution in [3.8, 4) is 0 Å². The summed E-state index contributed by atoms with van der Waals surface area (Å²) < 4.78 is 12.3. The number of aliphatic carboxylic acids is 1. The molecule has 0 aromatic carbocycles. The molecule has 1 N–H and O–H groups in total. The van der Waals surface area contributed by atoms with Crippen LogP contribution in [0, 0.1) is 6.92 Å². The van der Waals surface area contributed by atoms with Crippen LogP contribution in [0.1, 0.15) is 5.69 Å². The molecule has 102 valence electrons. The van der Waals surface area contributed by atoms with Crippen LogP contribution in [0.4, 0.5) is 0 Å². The number of carboxylic acid groups (broad SMARTS) is 1. The molecule has 0 aliphatic heterocycles. The maximum Gasteiger partial charge on any atom is 0.313 e. The van der Waals surface area contributed by atoms with Crippen molar-refractivity contribution >= 4 is 17.7 Å². The number of rotatable bonds is 8. The van der Waals surface area contributed by atoms with E-state index in [1.165, 1.54) is 11.8 Å². The van der Waals surface area contributed by atoms with Crippen LogP contribution in [0.25, 0.3) is 0 Å². The number of hydrogen-bond acceptors (Lipinski definition) is 5. The molecule has 7 heteroatoms. The highest BCUT2D eigenvalue weighted by atomic mass is 32.2. The van der Waals surface area contributed by atoms with E-state index in [1.54, 1.807) is 20.4 Å². The van der Waals surface area contributed by atoms with Gasteiger partial charge in [-0.2, -0.15) is 0 Å². The molecule has 1 aromatic heterocycles. The summed E-state index contributed by atoms with van der Waals surface area (Å²) in [7, 11) is 3.24. The summed E-state index contributed by atoms with van der Waals surface area (Å²) in [5.41, 5.74) is 0.973. The van der Waals surface area contributed by atoms with Gasteiger partial charge in [0.15, 0.2) is 5.16 Å². The third kappa shape index (κ3) is 4.32. The van der Waals surface area contributed by atoms with Gasteiger partial charge in [0, 0.05) is 26.1 Å². The monoisotopic (exact) mass is 274 g/mol. The fourth-order valence-corrected chi connectivity index (χ4v) is 2.24. The number of methoxy groups -OCH3 is 2. The molecule has 1 atom stereocenters. The lowest BCUT2D eigenvalue weighted by Crippen LogP contribution is -2.24. The topological polar surface area (TPSA) is 73.6 Å². The van der Waals surface area contributed by atoms with Crippen molar-refractivity contribution in [1.82, 2.24) is 9.55 Å². The number of carbonyl (C=O) groups is 1. The SMILES string of the molecule is COCC(Cn1c(C)cnc1SCC(=O)O)OC. The quantitative estimate of drug-likeness (QED) is 0.714. The molecule has 6 nitrogen and oxygen atoms in total. The maximum atomic E-state index is 10.6. The second-order valence-corrected chi connectivity index (χ2v) is 4.73. The van der Waals surface area contributed by atoms with Crippen molar-refractivity contribution < 1.29 is 19.4 Å². The van der Waals surface area contributed by atoms with Crippen LogP contribution in [0.3, 0.4) is 0 Å². The Bertz CT molecular complexity index is 394. The van der Waals surface area contributed by atoms with Gasteiger partial charge in [-0.1, -0.05) is 11.8 Å². The van der Waals surface area contributed by atoms with Gasteiger partial charge in [-0.25, -0.2) is 4.98 Å². The highest BCUT2D eigenvalue weighted by Crippen LogP contribution is 2.19. The van der Waals surface area contributed by atoms with Crippen LogP contribution in [-0.4, -0.2) is 53.3 Å². The molecular formula is C11H18N2O4S. The molecule has 1 unspecified atom stereocenters. The predicted octanol–water partition coefficient (Wildman–Crippen LogP) is 1.03. The number of carboxylic acids is 1. The Morgan fingerprint density at radius 1 is 1.61 bits per heavy atom. The number of aryl methyl sites for hydroxylation is 1. The lowest BCUT2D eigenvalue weighted by atomic mass is 10.3. The molecule has 0 bridgehead atoms. The second kappa shape index (κ2) is 7.40. The Morgan fingerprint density at radius 3 is 2.89 bits per heavy atom. The van der Waals surface area contributed by atoms with E-state index in [4.69, 9.17) is 14.6 Å². The van der Waals surface area contributed by atoms with Gasteiger partial charge in [-0.3, -0.25) is 4.79 Å². The molecular weight excluding hydrogens is 256 g/mol. The van der Waals surface area contributed by atoms with Crippen molar-refractivity contribution in [3.05, 3.63) is 11.9 Å². The van der Waals surface area contributed by atoms with E-state index in [0.29, 0.717) is 18.3 Å². The maximum absolute atomic E-state index is 10.6. The minimum absolute atomic E-state index is 0.00161. The standard InChI is InChI=1S/C11H18N2O4S/c1-8-4-12-11(18-7-10(14)15)13(8)5-9(17-3)6-16-2/h4,9H,5-7H2,1-3H3,(H,14,15). The van der Waals surface area contributed by atoms with E-state index in [1.807, 2.05) is 11.5 Å². The van der Waals surface area contributed by atoms with E-state index >= 15 is 0 Å². The van der Waals surface area contributed by atoms with Crippen molar-refractivity contribution in [2.75, 3.05) is 26.6 Å². The largest absolute Gasteiger partial charge is 0.481 e. The summed E-state index contributed by atoms with van der Waals surface area (Å²) in [4.78, 5) is 14.8. The summed E-state index contributed by atoms with van der Waals surface area (Å²) in [6.07, 6.45) is 1.65. The number of ether oxygens (including phenoxy) is 2. The second-order valence-electron chi connectivity index (χ2n) is 3.79. The Hall–Kier alpha value is -1.05. The first-order chi connectivity index (χ1) is 8.58. The van der Waals surface area contributed by atoms with Crippen LogP contribution in [0.2, 0.25) is 0 Å². The van der Waals surface area contributed by atoms with Gasteiger partial charge in [0.25, 0.3) is 0 Å². The van der Waals surface area contributed by atoms with Gasteiger partial charge in [0.05, 0.1) is 25.0 Å². The first-order valence-corrected chi connectivity index (χ1v) is 6.45. The summed E-state index contributed by atoms with van der Waals surface area (Å²) in [5.74, 6) is -0.856. The number of nitrogens with zero attached hydrogens (tertiary/aromatic N) is 2. The first-order valence-electron chi connectivity index (χ1n) is 5.47.